The summed E-state index contributed by atoms with van der Waals surface area (Å²) in [6.07, 6.45) is 0. The Kier molecular flexibility index (Phi) is 3.26. The zero-order valence-electron chi connectivity index (χ0n) is 12.2. The zero-order valence-corrected chi connectivity index (χ0v) is 13.0. The van der Waals surface area contributed by atoms with Gasteiger partial charge in [0.2, 0.25) is 5.91 Å². The van der Waals surface area contributed by atoms with Gasteiger partial charge in [0.1, 0.15) is 5.01 Å². The van der Waals surface area contributed by atoms with Crippen molar-refractivity contribution < 1.29 is 4.79 Å². The molecule has 4 heteroatoms. The van der Waals surface area contributed by atoms with E-state index in [1.807, 2.05) is 12.1 Å². The highest BCUT2D eigenvalue weighted by atomic mass is 32.1. The number of nitrogens with zero attached hydrogens (tertiary/aromatic N) is 1. The van der Waals surface area contributed by atoms with Crippen LogP contribution < -0.4 is 5.73 Å². The van der Waals surface area contributed by atoms with E-state index in [1.54, 1.807) is 17.4 Å². The van der Waals surface area contributed by atoms with Gasteiger partial charge in [-0.05, 0) is 50.1 Å². The van der Waals surface area contributed by atoms with Gasteiger partial charge in [0.15, 0.2) is 0 Å². The van der Waals surface area contributed by atoms with Crippen LogP contribution >= 0.6 is 11.3 Å². The van der Waals surface area contributed by atoms with Crippen molar-refractivity contribution in [2.75, 3.05) is 0 Å². The molecule has 2 N–H and O–H groups in total. The monoisotopic (exact) mass is 296 g/mol. The second-order valence-corrected chi connectivity index (χ2v) is 6.37. The van der Waals surface area contributed by atoms with E-state index in [1.165, 1.54) is 22.3 Å². The van der Waals surface area contributed by atoms with Crippen LogP contribution in [0.5, 0.6) is 0 Å². The number of thiazole rings is 1. The Balaban J connectivity index is 2.20. The number of amides is 1. The summed E-state index contributed by atoms with van der Waals surface area (Å²) in [6, 6.07) is 9.74. The molecule has 0 atom stereocenters. The van der Waals surface area contributed by atoms with E-state index in [4.69, 9.17) is 10.7 Å². The Bertz CT molecular complexity index is 841. The minimum Gasteiger partial charge on any atom is -0.366 e. The molecular weight excluding hydrogens is 280 g/mol. The molecule has 3 aromatic rings. The smallest absolute Gasteiger partial charge is 0.248 e. The highest BCUT2D eigenvalue weighted by Gasteiger charge is 2.13. The summed E-state index contributed by atoms with van der Waals surface area (Å²) in [7, 11) is 0. The van der Waals surface area contributed by atoms with Crippen LogP contribution in [0, 0.1) is 20.8 Å². The zero-order chi connectivity index (χ0) is 15.1. The molecule has 0 aliphatic rings. The molecule has 0 bridgehead atoms. The van der Waals surface area contributed by atoms with Crippen LogP contribution in [0.15, 0.2) is 30.3 Å². The number of carbonyl (C=O) groups excluding carboxylic acids is 1. The SMILES string of the molecule is Cc1cc(C)c(-c2nc3ccc(C(N)=O)cc3s2)c(C)c1. The number of nitrogens with two attached hydrogens (primary N) is 1. The third-order valence-electron chi connectivity index (χ3n) is 3.56. The standard InChI is InChI=1S/C17H16N2OS/c1-9-6-10(2)15(11(3)7-9)17-19-13-5-4-12(16(18)20)8-14(13)21-17/h4-8H,1-3H3,(H2,18,20). The average Bonchev–Trinajstić information content (AvgIpc) is 2.79. The van der Waals surface area contributed by atoms with E-state index >= 15 is 0 Å². The largest absolute Gasteiger partial charge is 0.366 e. The summed E-state index contributed by atoms with van der Waals surface area (Å²) in [6.45, 7) is 6.31. The Morgan fingerprint density at radius 2 is 1.76 bits per heavy atom. The molecule has 2 aromatic carbocycles. The lowest BCUT2D eigenvalue weighted by Gasteiger charge is -2.08. The minimum absolute atomic E-state index is 0.408. The first-order valence-electron chi connectivity index (χ1n) is 6.74. The van der Waals surface area contributed by atoms with Gasteiger partial charge in [0, 0.05) is 11.1 Å². The van der Waals surface area contributed by atoms with Crippen molar-refractivity contribution in [1.29, 1.82) is 0 Å². The van der Waals surface area contributed by atoms with Crippen LogP contribution in [0.2, 0.25) is 0 Å². The van der Waals surface area contributed by atoms with Gasteiger partial charge in [-0.25, -0.2) is 4.98 Å². The van der Waals surface area contributed by atoms with E-state index in [-0.39, 0.29) is 0 Å². The van der Waals surface area contributed by atoms with E-state index in [0.717, 1.165) is 15.2 Å². The van der Waals surface area contributed by atoms with Crippen molar-refractivity contribution in [3.8, 4) is 10.6 Å². The molecule has 3 nitrogen and oxygen atoms in total. The fraction of sp³-hybridized carbons (Fsp3) is 0.176. The van der Waals surface area contributed by atoms with Crippen molar-refractivity contribution in [3.63, 3.8) is 0 Å². The van der Waals surface area contributed by atoms with Gasteiger partial charge in [0.05, 0.1) is 10.2 Å². The average molecular weight is 296 g/mol. The van der Waals surface area contributed by atoms with Crippen molar-refractivity contribution in [2.45, 2.75) is 20.8 Å². The summed E-state index contributed by atoms with van der Waals surface area (Å²) in [5.74, 6) is -0.408. The van der Waals surface area contributed by atoms with Crippen LogP contribution in [0.4, 0.5) is 0 Å². The van der Waals surface area contributed by atoms with Gasteiger partial charge in [-0.3, -0.25) is 4.79 Å². The molecule has 0 spiro atoms. The number of aryl methyl sites for hydroxylation is 3. The van der Waals surface area contributed by atoms with Crippen molar-refractivity contribution >= 4 is 27.5 Å². The Labute approximate surface area is 127 Å². The van der Waals surface area contributed by atoms with Crippen molar-refractivity contribution in [1.82, 2.24) is 4.98 Å². The van der Waals surface area contributed by atoms with Crippen LogP contribution in [-0.2, 0) is 0 Å². The number of primary amides is 1. The quantitative estimate of drug-likeness (QED) is 0.777. The van der Waals surface area contributed by atoms with Crippen LogP contribution in [0.1, 0.15) is 27.0 Å². The molecule has 0 aliphatic carbocycles. The highest BCUT2D eigenvalue weighted by Crippen LogP contribution is 2.35. The van der Waals surface area contributed by atoms with E-state index in [0.29, 0.717) is 5.56 Å². The van der Waals surface area contributed by atoms with E-state index < -0.39 is 5.91 Å². The molecule has 106 valence electrons. The second kappa shape index (κ2) is 4.97. The van der Waals surface area contributed by atoms with Crippen molar-refractivity contribution in [2.24, 2.45) is 5.73 Å². The Hall–Kier alpha value is -2.20. The molecule has 21 heavy (non-hydrogen) atoms. The Morgan fingerprint density at radius 1 is 1.10 bits per heavy atom. The predicted octanol–water partition coefficient (Wildman–Crippen LogP) is 3.99. The maximum Gasteiger partial charge on any atom is 0.248 e. The normalized spacial score (nSPS) is 11.0. The lowest BCUT2D eigenvalue weighted by molar-refractivity contribution is 0.100. The first-order chi connectivity index (χ1) is 9.95. The number of benzene rings is 2. The summed E-state index contributed by atoms with van der Waals surface area (Å²) >= 11 is 1.60. The number of carbonyl (C=O) groups is 1. The number of hydrogen-bond acceptors (Lipinski definition) is 3. The molecule has 0 saturated heterocycles. The van der Waals surface area contributed by atoms with Crippen LogP contribution in [0.3, 0.4) is 0 Å². The summed E-state index contributed by atoms with van der Waals surface area (Å²) in [5.41, 5.74) is 11.6. The molecular formula is C17H16N2OS. The number of hydrogen-bond donors (Lipinski definition) is 1. The van der Waals surface area contributed by atoms with Gasteiger partial charge in [-0.1, -0.05) is 17.7 Å². The number of aromatic nitrogens is 1. The molecule has 1 heterocycles. The van der Waals surface area contributed by atoms with Gasteiger partial charge in [0.25, 0.3) is 0 Å². The second-order valence-electron chi connectivity index (χ2n) is 5.34. The van der Waals surface area contributed by atoms with Gasteiger partial charge >= 0.3 is 0 Å². The summed E-state index contributed by atoms with van der Waals surface area (Å²) < 4.78 is 0.987. The third kappa shape index (κ3) is 2.43. The topological polar surface area (TPSA) is 56.0 Å². The fourth-order valence-corrected chi connectivity index (χ4v) is 3.88. The molecule has 0 radical (unpaired) electrons. The Morgan fingerprint density at radius 3 is 2.38 bits per heavy atom. The van der Waals surface area contributed by atoms with E-state index in [9.17, 15) is 4.79 Å². The maximum absolute atomic E-state index is 11.3. The summed E-state index contributed by atoms with van der Waals surface area (Å²) in [5, 5.41) is 0.988. The molecule has 3 rings (SSSR count). The first-order valence-corrected chi connectivity index (χ1v) is 7.56. The van der Waals surface area contributed by atoms with Crippen molar-refractivity contribution in [3.05, 3.63) is 52.6 Å². The fourth-order valence-electron chi connectivity index (χ4n) is 2.70. The molecule has 1 amide bonds. The third-order valence-corrected chi connectivity index (χ3v) is 4.60. The lowest BCUT2D eigenvalue weighted by atomic mass is 10.0. The van der Waals surface area contributed by atoms with E-state index in [2.05, 4.69) is 32.9 Å². The molecule has 0 aliphatic heterocycles. The minimum atomic E-state index is -0.408. The number of fused-ring (bicyclic) bond motifs is 1. The summed E-state index contributed by atoms with van der Waals surface area (Å²) in [4.78, 5) is 16.0. The van der Waals surface area contributed by atoms with Gasteiger partial charge in [-0.15, -0.1) is 11.3 Å². The van der Waals surface area contributed by atoms with Crippen LogP contribution in [-0.4, -0.2) is 10.9 Å². The maximum atomic E-state index is 11.3. The molecule has 1 aromatic heterocycles. The molecule has 0 fully saturated rings. The lowest BCUT2D eigenvalue weighted by Crippen LogP contribution is -2.10. The van der Waals surface area contributed by atoms with Gasteiger partial charge in [-0.2, -0.15) is 0 Å². The molecule has 0 unspecified atom stereocenters. The first kappa shape index (κ1) is 13.8. The highest BCUT2D eigenvalue weighted by molar-refractivity contribution is 7.21. The van der Waals surface area contributed by atoms with Gasteiger partial charge < -0.3 is 5.73 Å². The molecule has 0 saturated carbocycles. The number of rotatable bonds is 2. The van der Waals surface area contributed by atoms with Crippen LogP contribution in [0.25, 0.3) is 20.8 Å². The predicted molar refractivity (Wildman–Crippen MR) is 87.8 cm³/mol.